The van der Waals surface area contributed by atoms with Crippen molar-refractivity contribution in [2.45, 2.75) is 56.9 Å². The maximum Gasteiger partial charge on any atom is 0.393 e. The number of nitrogens with one attached hydrogen (secondary N) is 1. The highest BCUT2D eigenvalue weighted by Gasteiger charge is 2.32. The molecule has 3 aliphatic heterocycles. The van der Waals surface area contributed by atoms with E-state index in [1.165, 1.54) is 0 Å². The zero-order chi connectivity index (χ0) is 23.5. The summed E-state index contributed by atoms with van der Waals surface area (Å²) in [5.41, 5.74) is 3.59. The summed E-state index contributed by atoms with van der Waals surface area (Å²) in [5.74, 6) is 1.45. The summed E-state index contributed by atoms with van der Waals surface area (Å²) in [6, 6.07) is 10.9. The topological polar surface area (TPSA) is 39.7 Å². The molecule has 0 spiro atoms. The predicted molar refractivity (Wildman–Crippen MR) is 124 cm³/mol. The Morgan fingerprint density at radius 2 is 1.97 bits per heavy atom. The van der Waals surface area contributed by atoms with E-state index in [1.807, 2.05) is 30.3 Å². The van der Waals surface area contributed by atoms with Gasteiger partial charge in [0, 0.05) is 24.6 Å². The number of ether oxygens (including phenoxy) is 3. The molecule has 5 rings (SSSR count). The average Bonchev–Trinajstić information content (AvgIpc) is 2.84. The molecule has 7 heteroatoms. The van der Waals surface area contributed by atoms with Crippen molar-refractivity contribution in [3.05, 3.63) is 64.7 Å². The van der Waals surface area contributed by atoms with Crippen LogP contribution < -0.4 is 14.8 Å². The second-order valence-electron chi connectivity index (χ2n) is 9.22. The van der Waals surface area contributed by atoms with Crippen LogP contribution in [0.2, 0.25) is 0 Å². The fraction of sp³-hybridized carbons (Fsp3) is 0.481. The zero-order valence-electron chi connectivity index (χ0n) is 19.1. The van der Waals surface area contributed by atoms with Gasteiger partial charge in [0.2, 0.25) is 0 Å². The first-order valence-corrected chi connectivity index (χ1v) is 12.1. The summed E-state index contributed by atoms with van der Waals surface area (Å²) in [4.78, 5) is 0. The Kier molecular flexibility index (Phi) is 6.84. The van der Waals surface area contributed by atoms with Crippen molar-refractivity contribution >= 4 is 5.57 Å². The Morgan fingerprint density at radius 1 is 1.06 bits per heavy atom. The lowest BCUT2D eigenvalue weighted by atomic mass is 9.80. The van der Waals surface area contributed by atoms with E-state index in [-0.39, 0.29) is 12.2 Å². The number of fused-ring (bicyclic) bond motifs is 1. The molecule has 2 unspecified atom stereocenters. The van der Waals surface area contributed by atoms with Crippen molar-refractivity contribution in [3.63, 3.8) is 0 Å². The number of hydrogen-bond donors (Lipinski definition) is 1. The van der Waals surface area contributed by atoms with Crippen LogP contribution in [0.15, 0.2) is 42.5 Å². The van der Waals surface area contributed by atoms with Gasteiger partial charge >= 0.3 is 6.18 Å². The second kappa shape index (κ2) is 10.0. The maximum absolute atomic E-state index is 13.5. The fourth-order valence-electron chi connectivity index (χ4n) is 5.20. The van der Waals surface area contributed by atoms with Gasteiger partial charge in [-0.3, -0.25) is 0 Å². The normalized spacial score (nSPS) is 23.0. The van der Waals surface area contributed by atoms with Crippen LogP contribution in [0.1, 0.15) is 60.3 Å². The summed E-state index contributed by atoms with van der Waals surface area (Å²) < 4.78 is 58.2. The molecule has 0 radical (unpaired) electrons. The number of benzene rings is 2. The first-order chi connectivity index (χ1) is 16.5. The van der Waals surface area contributed by atoms with Crippen LogP contribution in [0, 0.1) is 0 Å². The number of halogens is 3. The minimum Gasteiger partial charge on any atom is -0.489 e. The Balaban J connectivity index is 1.52. The van der Waals surface area contributed by atoms with Crippen LogP contribution in [0.4, 0.5) is 13.2 Å². The van der Waals surface area contributed by atoms with Gasteiger partial charge < -0.3 is 19.5 Å². The number of rotatable bonds is 5. The largest absolute Gasteiger partial charge is 0.489 e. The molecule has 2 saturated heterocycles. The molecule has 0 bridgehead atoms. The van der Waals surface area contributed by atoms with Crippen molar-refractivity contribution in [2.24, 2.45) is 0 Å². The van der Waals surface area contributed by atoms with Gasteiger partial charge in [0.05, 0.1) is 13.0 Å². The molecule has 2 aromatic carbocycles. The Bertz CT molecular complexity index is 1040. The summed E-state index contributed by atoms with van der Waals surface area (Å²) in [6.45, 7) is 2.70. The van der Waals surface area contributed by atoms with Crippen molar-refractivity contribution in [3.8, 4) is 11.5 Å². The molecule has 3 aliphatic rings. The monoisotopic (exact) mass is 473 g/mol. The van der Waals surface area contributed by atoms with Crippen molar-refractivity contribution in [1.82, 2.24) is 5.32 Å². The highest BCUT2D eigenvalue weighted by Crippen LogP contribution is 2.43. The van der Waals surface area contributed by atoms with E-state index in [0.717, 1.165) is 61.9 Å². The summed E-state index contributed by atoms with van der Waals surface area (Å²) in [5, 5.41) is 3.40. The Labute approximate surface area is 198 Å². The van der Waals surface area contributed by atoms with Gasteiger partial charge in [-0.1, -0.05) is 18.2 Å². The Morgan fingerprint density at radius 3 is 2.74 bits per heavy atom. The third kappa shape index (κ3) is 5.26. The molecule has 182 valence electrons. The lowest BCUT2D eigenvalue weighted by Crippen LogP contribution is -2.29. The van der Waals surface area contributed by atoms with Crippen molar-refractivity contribution < 1.29 is 27.4 Å². The molecular formula is C27H30F3NO3. The van der Waals surface area contributed by atoms with Crippen LogP contribution >= 0.6 is 0 Å². The van der Waals surface area contributed by atoms with E-state index in [9.17, 15) is 13.2 Å². The standard InChI is InChI=1S/C27H30F3NO3/c28-27(29,30)16-18-5-3-7-21(19-6-4-12-31-17-19)26(18)23-11-14-32-24-15-20(9-10-22(23)24)34-25-8-1-2-13-33-25/h3,5,7,9-11,15,19,25,31H,1-2,4,6,8,12-14,16-17H2. The van der Waals surface area contributed by atoms with Crippen LogP contribution in [0.25, 0.3) is 5.57 Å². The van der Waals surface area contributed by atoms with Gasteiger partial charge in [-0.25, -0.2) is 0 Å². The number of alkyl halides is 3. The van der Waals surface area contributed by atoms with Crippen LogP contribution in [0.3, 0.4) is 0 Å². The summed E-state index contributed by atoms with van der Waals surface area (Å²) >= 11 is 0. The fourth-order valence-corrected chi connectivity index (χ4v) is 5.20. The molecule has 2 fully saturated rings. The van der Waals surface area contributed by atoms with E-state index < -0.39 is 12.6 Å². The van der Waals surface area contributed by atoms with E-state index in [2.05, 4.69) is 5.32 Å². The minimum atomic E-state index is -4.29. The molecule has 3 heterocycles. The lowest BCUT2D eigenvalue weighted by Gasteiger charge is -2.30. The molecule has 0 saturated carbocycles. The molecule has 1 N–H and O–H groups in total. The maximum atomic E-state index is 13.5. The molecule has 4 nitrogen and oxygen atoms in total. The van der Waals surface area contributed by atoms with Gasteiger partial charge in [-0.15, -0.1) is 0 Å². The van der Waals surface area contributed by atoms with Crippen LogP contribution in [-0.2, 0) is 11.2 Å². The van der Waals surface area contributed by atoms with E-state index in [0.29, 0.717) is 35.8 Å². The van der Waals surface area contributed by atoms with Gasteiger partial charge in [0.25, 0.3) is 0 Å². The van der Waals surface area contributed by atoms with Crippen LogP contribution in [-0.4, -0.2) is 38.8 Å². The van der Waals surface area contributed by atoms with Gasteiger partial charge in [-0.05, 0) is 78.6 Å². The first-order valence-electron chi connectivity index (χ1n) is 12.1. The predicted octanol–water partition coefficient (Wildman–Crippen LogP) is 5.99. The van der Waals surface area contributed by atoms with Gasteiger partial charge in [0.1, 0.15) is 18.1 Å². The lowest BCUT2D eigenvalue weighted by molar-refractivity contribution is -0.127. The molecule has 0 aromatic heterocycles. The average molecular weight is 474 g/mol. The highest BCUT2D eigenvalue weighted by atomic mass is 19.4. The molecule has 0 aliphatic carbocycles. The SMILES string of the molecule is FC(F)(F)Cc1cccc(C2CCCNC2)c1C1=CCOc2cc(OC3CCCCO3)ccc21. The third-order valence-corrected chi connectivity index (χ3v) is 6.75. The van der Waals surface area contributed by atoms with Crippen LogP contribution in [0.5, 0.6) is 11.5 Å². The smallest absolute Gasteiger partial charge is 0.393 e. The highest BCUT2D eigenvalue weighted by molar-refractivity contribution is 5.87. The van der Waals surface area contributed by atoms with E-state index in [4.69, 9.17) is 14.2 Å². The van der Waals surface area contributed by atoms with Gasteiger partial charge in [-0.2, -0.15) is 13.2 Å². The Hall–Kier alpha value is -2.51. The van der Waals surface area contributed by atoms with Crippen molar-refractivity contribution in [1.29, 1.82) is 0 Å². The van der Waals surface area contributed by atoms with Gasteiger partial charge in [0.15, 0.2) is 6.29 Å². The molecule has 2 atom stereocenters. The zero-order valence-corrected chi connectivity index (χ0v) is 19.1. The summed E-state index contributed by atoms with van der Waals surface area (Å²) in [6.07, 6.45) is 1.30. The number of piperidine rings is 1. The summed E-state index contributed by atoms with van der Waals surface area (Å²) in [7, 11) is 0. The minimum absolute atomic E-state index is 0.176. The van der Waals surface area contributed by atoms with E-state index >= 15 is 0 Å². The first kappa shape index (κ1) is 23.2. The van der Waals surface area contributed by atoms with E-state index in [1.54, 1.807) is 12.1 Å². The van der Waals surface area contributed by atoms with Crippen molar-refractivity contribution in [2.75, 3.05) is 26.3 Å². The molecule has 34 heavy (non-hydrogen) atoms. The molecular weight excluding hydrogens is 443 g/mol. The third-order valence-electron chi connectivity index (χ3n) is 6.75. The molecule has 2 aromatic rings. The molecule has 0 amide bonds. The second-order valence-corrected chi connectivity index (χ2v) is 9.22. The number of hydrogen-bond acceptors (Lipinski definition) is 4. The quantitative estimate of drug-likeness (QED) is 0.579.